The Morgan fingerprint density at radius 3 is 3.08 bits per heavy atom. The summed E-state index contributed by atoms with van der Waals surface area (Å²) >= 11 is 0. The Labute approximate surface area is 67.7 Å². The highest BCUT2D eigenvalue weighted by atomic mass is 16.3. The van der Waals surface area contributed by atoms with Gasteiger partial charge in [0.2, 0.25) is 5.75 Å². The molecule has 0 radical (unpaired) electrons. The summed E-state index contributed by atoms with van der Waals surface area (Å²) in [5.41, 5.74) is -0.0681. The van der Waals surface area contributed by atoms with Gasteiger partial charge in [-0.15, -0.1) is 0 Å². The second kappa shape index (κ2) is 2.34. The van der Waals surface area contributed by atoms with Crippen molar-refractivity contribution in [1.29, 1.82) is 0 Å². The number of hydrogen-bond donors (Lipinski definition) is 1. The van der Waals surface area contributed by atoms with E-state index in [9.17, 15) is 4.79 Å². The van der Waals surface area contributed by atoms with Crippen molar-refractivity contribution in [3.63, 3.8) is 0 Å². The summed E-state index contributed by atoms with van der Waals surface area (Å²) < 4.78 is 1.58. The van der Waals surface area contributed by atoms with E-state index in [0.717, 1.165) is 0 Å². The summed E-state index contributed by atoms with van der Waals surface area (Å²) in [5, 5.41) is 9.02. The molecule has 2 aromatic heterocycles. The molecule has 0 spiro atoms. The lowest BCUT2D eigenvalue weighted by Gasteiger charge is -1.97. The number of aromatic nitrogens is 2. The minimum atomic E-state index is -0.596. The number of fused-ring (bicyclic) bond motifs is 1. The predicted molar refractivity (Wildman–Crippen MR) is 43.1 cm³/mol. The smallest absolute Gasteiger partial charge is 0.315 e. The van der Waals surface area contributed by atoms with Crippen LogP contribution in [-0.2, 0) is 0 Å². The highest BCUT2D eigenvalue weighted by Crippen LogP contribution is 2.01. The lowest BCUT2D eigenvalue weighted by molar-refractivity contribution is 0.463. The highest BCUT2D eigenvalue weighted by Gasteiger charge is 1.98. The van der Waals surface area contributed by atoms with Gasteiger partial charge in [0.25, 0.3) is 0 Å². The lowest BCUT2D eigenvalue weighted by Crippen LogP contribution is -2.07. The monoisotopic (exact) mass is 162 g/mol. The number of rotatable bonds is 0. The fourth-order valence-electron chi connectivity index (χ4n) is 0.999. The number of nitrogens with zero attached hydrogens (tertiary/aromatic N) is 2. The first kappa shape index (κ1) is 6.84. The first-order valence-corrected chi connectivity index (χ1v) is 3.44. The van der Waals surface area contributed by atoms with Gasteiger partial charge in [-0.2, -0.15) is 4.98 Å². The molecular formula is C8H6N2O2. The average Bonchev–Trinajstić information content (AvgIpc) is 2.07. The van der Waals surface area contributed by atoms with Gasteiger partial charge in [-0.3, -0.25) is 4.79 Å². The summed E-state index contributed by atoms with van der Waals surface area (Å²) in [6.45, 7) is 0. The maximum absolute atomic E-state index is 10.9. The van der Waals surface area contributed by atoms with E-state index in [-0.39, 0.29) is 5.75 Å². The van der Waals surface area contributed by atoms with Crippen molar-refractivity contribution in [1.82, 2.24) is 9.38 Å². The van der Waals surface area contributed by atoms with Crippen LogP contribution in [0, 0.1) is 0 Å². The van der Waals surface area contributed by atoms with Gasteiger partial charge in [0.05, 0.1) is 6.20 Å². The molecule has 0 aliphatic rings. The van der Waals surface area contributed by atoms with Gasteiger partial charge in [0.1, 0.15) is 5.65 Å². The Morgan fingerprint density at radius 1 is 1.42 bits per heavy atom. The Balaban J connectivity index is 2.93. The molecule has 4 nitrogen and oxygen atoms in total. The van der Waals surface area contributed by atoms with Crippen molar-refractivity contribution < 1.29 is 5.11 Å². The highest BCUT2D eigenvalue weighted by molar-refractivity contribution is 5.38. The van der Waals surface area contributed by atoms with Gasteiger partial charge in [-0.1, -0.05) is 6.07 Å². The van der Waals surface area contributed by atoms with E-state index < -0.39 is 5.56 Å². The van der Waals surface area contributed by atoms with E-state index in [4.69, 9.17) is 5.11 Å². The third kappa shape index (κ3) is 0.934. The minimum absolute atomic E-state index is 0.335. The molecule has 0 fully saturated rings. The van der Waals surface area contributed by atoms with Crippen molar-refractivity contribution in [3.05, 3.63) is 40.9 Å². The number of aromatic hydroxyl groups is 1. The molecule has 0 aliphatic carbocycles. The molecule has 0 bridgehead atoms. The fraction of sp³-hybridized carbons (Fsp3) is 0. The van der Waals surface area contributed by atoms with Crippen molar-refractivity contribution >= 4 is 5.65 Å². The second-order valence-corrected chi connectivity index (χ2v) is 2.40. The van der Waals surface area contributed by atoms with Crippen LogP contribution < -0.4 is 5.56 Å². The Hall–Kier alpha value is -1.84. The van der Waals surface area contributed by atoms with Gasteiger partial charge in [-0.25, -0.2) is 0 Å². The van der Waals surface area contributed by atoms with E-state index in [1.807, 2.05) is 0 Å². The molecule has 0 amide bonds. The Morgan fingerprint density at radius 2 is 2.25 bits per heavy atom. The predicted octanol–water partition coefficient (Wildman–Crippen LogP) is 0.400. The average molecular weight is 162 g/mol. The summed E-state index contributed by atoms with van der Waals surface area (Å²) in [5.74, 6) is -0.335. The number of hydrogen-bond acceptors (Lipinski definition) is 3. The largest absolute Gasteiger partial charge is 0.502 e. The Kier molecular flexibility index (Phi) is 1.33. The minimum Gasteiger partial charge on any atom is -0.502 e. The van der Waals surface area contributed by atoms with Crippen LogP contribution in [0.3, 0.4) is 0 Å². The van der Waals surface area contributed by atoms with Crippen molar-refractivity contribution in [2.75, 3.05) is 0 Å². The van der Waals surface area contributed by atoms with Gasteiger partial charge < -0.3 is 9.51 Å². The van der Waals surface area contributed by atoms with Gasteiger partial charge in [-0.05, 0) is 12.1 Å². The van der Waals surface area contributed by atoms with Crippen LogP contribution in [0.4, 0.5) is 0 Å². The van der Waals surface area contributed by atoms with Crippen molar-refractivity contribution in [3.8, 4) is 5.75 Å². The van der Waals surface area contributed by atoms with E-state index in [1.165, 1.54) is 6.20 Å². The third-order valence-electron chi connectivity index (χ3n) is 1.56. The van der Waals surface area contributed by atoms with Gasteiger partial charge in [0, 0.05) is 6.20 Å². The van der Waals surface area contributed by atoms with Crippen LogP contribution in [0.1, 0.15) is 0 Å². The molecular weight excluding hydrogens is 156 g/mol. The van der Waals surface area contributed by atoms with Crippen LogP contribution >= 0.6 is 0 Å². The van der Waals surface area contributed by atoms with Crippen LogP contribution in [0.25, 0.3) is 5.65 Å². The second-order valence-electron chi connectivity index (χ2n) is 2.40. The fourth-order valence-corrected chi connectivity index (χ4v) is 0.999. The number of pyridine rings is 1. The van der Waals surface area contributed by atoms with Crippen LogP contribution in [0.5, 0.6) is 5.75 Å². The topological polar surface area (TPSA) is 54.6 Å². The normalized spacial score (nSPS) is 10.3. The molecule has 0 saturated carbocycles. The molecule has 2 rings (SSSR count). The molecule has 1 N–H and O–H groups in total. The van der Waals surface area contributed by atoms with Gasteiger partial charge >= 0.3 is 5.56 Å². The summed E-state index contributed by atoms with van der Waals surface area (Å²) in [4.78, 5) is 14.5. The maximum atomic E-state index is 10.9. The van der Waals surface area contributed by atoms with Crippen LogP contribution in [0.2, 0.25) is 0 Å². The third-order valence-corrected chi connectivity index (χ3v) is 1.56. The SMILES string of the molecule is O=c1nc2ccccn2cc1O. The van der Waals surface area contributed by atoms with E-state index in [1.54, 1.807) is 28.8 Å². The van der Waals surface area contributed by atoms with E-state index in [0.29, 0.717) is 5.65 Å². The molecule has 12 heavy (non-hydrogen) atoms. The summed E-state index contributed by atoms with van der Waals surface area (Å²) in [7, 11) is 0. The molecule has 0 aromatic carbocycles. The lowest BCUT2D eigenvalue weighted by atomic mass is 10.4. The zero-order valence-electron chi connectivity index (χ0n) is 6.14. The molecule has 0 atom stereocenters. The van der Waals surface area contributed by atoms with Gasteiger partial charge in [0.15, 0.2) is 0 Å². The molecule has 2 aromatic rings. The first-order chi connectivity index (χ1) is 5.77. The standard InChI is InChI=1S/C8H6N2O2/c11-6-5-10-4-2-1-3-7(10)9-8(6)12/h1-5,11H. The van der Waals surface area contributed by atoms with E-state index in [2.05, 4.69) is 4.98 Å². The molecule has 60 valence electrons. The van der Waals surface area contributed by atoms with Crippen molar-refractivity contribution in [2.24, 2.45) is 0 Å². The van der Waals surface area contributed by atoms with Crippen molar-refractivity contribution in [2.45, 2.75) is 0 Å². The quantitative estimate of drug-likeness (QED) is 0.610. The molecule has 4 heteroatoms. The van der Waals surface area contributed by atoms with Crippen LogP contribution in [0.15, 0.2) is 35.4 Å². The maximum Gasteiger partial charge on any atom is 0.315 e. The summed E-state index contributed by atoms with van der Waals surface area (Å²) in [6, 6.07) is 5.26. The summed E-state index contributed by atoms with van der Waals surface area (Å²) in [6.07, 6.45) is 3.05. The van der Waals surface area contributed by atoms with Crippen LogP contribution in [-0.4, -0.2) is 14.5 Å². The first-order valence-electron chi connectivity index (χ1n) is 3.44. The molecule has 0 saturated heterocycles. The molecule has 2 heterocycles. The van der Waals surface area contributed by atoms with E-state index >= 15 is 0 Å². The zero-order valence-corrected chi connectivity index (χ0v) is 6.14. The Bertz CT molecular complexity index is 476. The molecule has 0 unspecified atom stereocenters. The molecule has 0 aliphatic heterocycles. The zero-order chi connectivity index (χ0) is 8.55.